The third-order valence-corrected chi connectivity index (χ3v) is 1.09. The van der Waals surface area contributed by atoms with Crippen LogP contribution in [-0.4, -0.2) is 13.1 Å². The zero-order valence-electron chi connectivity index (χ0n) is 5.00. The average Bonchev–Trinajstić information content (AvgIpc) is 1.68. The van der Waals surface area contributed by atoms with Crippen LogP contribution in [-0.2, 0) is 0 Å². The fraction of sp³-hybridized carbons (Fsp3) is 0.600. The van der Waals surface area contributed by atoms with Crippen molar-refractivity contribution in [2.75, 3.05) is 13.1 Å². The van der Waals surface area contributed by atoms with E-state index in [0.29, 0.717) is 0 Å². The van der Waals surface area contributed by atoms with Crippen LogP contribution in [0.15, 0.2) is 12.3 Å². The molecule has 0 bridgehead atoms. The van der Waals surface area contributed by atoms with Gasteiger partial charge in [0.05, 0.1) is 0 Å². The molecule has 0 amide bonds. The van der Waals surface area contributed by atoms with Crippen molar-refractivity contribution in [3.8, 4) is 0 Å². The zero-order valence-corrected chi connectivity index (χ0v) is 7.16. The maximum absolute atomic E-state index is 3.76. The summed E-state index contributed by atoms with van der Waals surface area (Å²) in [4.78, 5) is 0. The Kier molecular flexibility index (Phi) is 5.52. The Morgan fingerprint density at radius 2 is 2.38 bits per heavy atom. The molecule has 2 nitrogen and oxygen atoms in total. The normalized spacial score (nSPS) is 8.75. The predicted molar refractivity (Wildman–Crippen MR) is 44.8 cm³/mol. The second-order valence-corrected chi connectivity index (χ2v) is 2.21. The summed E-state index contributed by atoms with van der Waals surface area (Å²) in [5.41, 5.74) is 1.04. The third kappa shape index (κ3) is 4.39. The first kappa shape index (κ1) is 8.23. The summed E-state index contributed by atoms with van der Waals surface area (Å²) in [5, 5.41) is 3.08. The lowest BCUT2D eigenvalue weighted by Gasteiger charge is -2.03. The Morgan fingerprint density at radius 1 is 1.75 bits per heavy atom. The van der Waals surface area contributed by atoms with Gasteiger partial charge < -0.3 is 5.32 Å². The lowest BCUT2D eigenvalue weighted by Crippen LogP contribution is -2.18. The molecule has 0 aromatic heterocycles. The quantitative estimate of drug-likeness (QED) is 0.553. The van der Waals surface area contributed by atoms with Crippen LogP contribution in [0.5, 0.6) is 0 Å². The molecule has 0 atom stereocenters. The highest BCUT2D eigenvalue weighted by Crippen LogP contribution is 1.80. The third-order valence-electron chi connectivity index (χ3n) is 0.707. The second kappa shape index (κ2) is 5.37. The molecule has 0 aliphatic rings. The van der Waals surface area contributed by atoms with E-state index >= 15 is 0 Å². The molecule has 3 heteroatoms. The van der Waals surface area contributed by atoms with E-state index in [2.05, 4.69) is 45.2 Å². The molecule has 0 spiro atoms. The summed E-state index contributed by atoms with van der Waals surface area (Å²) in [6.07, 6.45) is 0. The summed E-state index contributed by atoms with van der Waals surface area (Å²) in [6.45, 7) is 7.61. The van der Waals surface area contributed by atoms with Gasteiger partial charge in [0.1, 0.15) is 0 Å². The molecule has 0 fully saturated rings. The van der Waals surface area contributed by atoms with Crippen molar-refractivity contribution < 1.29 is 0 Å². The minimum Gasteiger partial charge on any atom is -0.388 e. The Labute approximate surface area is 64.2 Å². The van der Waals surface area contributed by atoms with Crippen LogP contribution < -0.4 is 8.85 Å². The smallest absolute Gasteiger partial charge is 0.0443 e. The van der Waals surface area contributed by atoms with Crippen molar-refractivity contribution in [3.63, 3.8) is 0 Å². The molecule has 0 heterocycles. The van der Waals surface area contributed by atoms with Crippen LogP contribution >= 0.6 is 22.9 Å². The molecule has 0 aromatic carbocycles. The summed E-state index contributed by atoms with van der Waals surface area (Å²) in [7, 11) is 0. The SMILES string of the molecule is C=C(CNI)NCC. The highest BCUT2D eigenvalue weighted by atomic mass is 127. The molecule has 0 rings (SSSR count). The first-order chi connectivity index (χ1) is 3.81. The number of rotatable bonds is 4. The standard InChI is InChI=1S/C5H11IN2/c1-3-7-5(2)4-8-6/h7-8H,2-4H2,1H3. The summed E-state index contributed by atoms with van der Waals surface area (Å²) in [5.74, 6) is 0. The molecule has 0 unspecified atom stereocenters. The van der Waals surface area contributed by atoms with E-state index in [1.165, 1.54) is 0 Å². The van der Waals surface area contributed by atoms with Crippen molar-refractivity contribution in [1.82, 2.24) is 8.85 Å². The highest BCUT2D eigenvalue weighted by molar-refractivity contribution is 14.1. The van der Waals surface area contributed by atoms with Gasteiger partial charge in [0.2, 0.25) is 0 Å². The van der Waals surface area contributed by atoms with E-state index in [4.69, 9.17) is 0 Å². The van der Waals surface area contributed by atoms with E-state index in [1.54, 1.807) is 0 Å². The van der Waals surface area contributed by atoms with E-state index in [-0.39, 0.29) is 0 Å². The Bertz CT molecular complexity index is 64.8. The Balaban J connectivity index is 3.06. The number of nitrogens with one attached hydrogen (secondary N) is 2. The van der Waals surface area contributed by atoms with E-state index in [9.17, 15) is 0 Å². The maximum Gasteiger partial charge on any atom is 0.0443 e. The largest absolute Gasteiger partial charge is 0.388 e. The molecule has 0 saturated heterocycles. The maximum atomic E-state index is 3.76. The second-order valence-electron chi connectivity index (χ2n) is 1.44. The van der Waals surface area contributed by atoms with Gasteiger partial charge in [-0.1, -0.05) is 6.58 Å². The topological polar surface area (TPSA) is 24.1 Å². The number of halogens is 1. The van der Waals surface area contributed by atoms with Gasteiger partial charge in [-0.05, 0) is 6.92 Å². The van der Waals surface area contributed by atoms with Crippen molar-refractivity contribution >= 4 is 22.9 Å². The molecular formula is C5H11IN2. The first-order valence-electron chi connectivity index (χ1n) is 2.56. The van der Waals surface area contributed by atoms with Crippen LogP contribution in [0.2, 0.25) is 0 Å². The van der Waals surface area contributed by atoms with Gasteiger partial charge in [-0.3, -0.25) is 3.53 Å². The fourth-order valence-corrected chi connectivity index (χ4v) is 0.854. The van der Waals surface area contributed by atoms with Crippen molar-refractivity contribution in [2.24, 2.45) is 0 Å². The average molecular weight is 226 g/mol. The van der Waals surface area contributed by atoms with Crippen LogP contribution in [0, 0.1) is 0 Å². The predicted octanol–water partition coefficient (Wildman–Crippen LogP) is 1.05. The molecular weight excluding hydrogens is 215 g/mol. The minimum absolute atomic E-state index is 0.842. The number of likely N-dealkylation sites (N-methyl/N-ethyl adjacent to an activating group) is 1. The zero-order chi connectivity index (χ0) is 6.41. The number of hydrogen-bond donors (Lipinski definition) is 2. The van der Waals surface area contributed by atoms with Crippen LogP contribution in [0.25, 0.3) is 0 Å². The molecule has 8 heavy (non-hydrogen) atoms. The van der Waals surface area contributed by atoms with Gasteiger partial charge in [-0.15, -0.1) is 0 Å². The first-order valence-corrected chi connectivity index (χ1v) is 3.64. The monoisotopic (exact) mass is 226 g/mol. The lowest BCUT2D eigenvalue weighted by atomic mass is 10.5. The van der Waals surface area contributed by atoms with Gasteiger partial charge in [-0.25, -0.2) is 0 Å². The van der Waals surface area contributed by atoms with E-state index in [0.717, 1.165) is 18.8 Å². The molecule has 0 saturated carbocycles. The lowest BCUT2D eigenvalue weighted by molar-refractivity contribution is 0.819. The summed E-state index contributed by atoms with van der Waals surface area (Å²) in [6, 6.07) is 0. The Hall–Kier alpha value is 0.230. The highest BCUT2D eigenvalue weighted by Gasteiger charge is 1.84. The van der Waals surface area contributed by atoms with Gasteiger partial charge in [0.25, 0.3) is 0 Å². The van der Waals surface area contributed by atoms with Crippen LogP contribution in [0.1, 0.15) is 6.92 Å². The number of hydrogen-bond acceptors (Lipinski definition) is 2. The molecule has 48 valence electrons. The van der Waals surface area contributed by atoms with Gasteiger partial charge in [-0.2, -0.15) is 0 Å². The van der Waals surface area contributed by atoms with Gasteiger partial charge in [0, 0.05) is 41.7 Å². The van der Waals surface area contributed by atoms with Crippen LogP contribution in [0.4, 0.5) is 0 Å². The van der Waals surface area contributed by atoms with Crippen molar-refractivity contribution in [1.29, 1.82) is 0 Å². The molecule has 0 aliphatic carbocycles. The van der Waals surface area contributed by atoms with Gasteiger partial charge in [0.15, 0.2) is 0 Å². The van der Waals surface area contributed by atoms with E-state index < -0.39 is 0 Å². The Morgan fingerprint density at radius 3 is 2.75 bits per heavy atom. The minimum atomic E-state index is 0.842. The molecule has 0 aliphatic heterocycles. The summed E-state index contributed by atoms with van der Waals surface area (Å²) < 4.78 is 2.96. The van der Waals surface area contributed by atoms with Crippen LogP contribution in [0.3, 0.4) is 0 Å². The van der Waals surface area contributed by atoms with E-state index in [1.807, 2.05) is 0 Å². The van der Waals surface area contributed by atoms with Gasteiger partial charge >= 0.3 is 0 Å². The van der Waals surface area contributed by atoms with Crippen molar-refractivity contribution in [3.05, 3.63) is 12.3 Å². The molecule has 2 N–H and O–H groups in total. The van der Waals surface area contributed by atoms with Crippen molar-refractivity contribution in [2.45, 2.75) is 6.92 Å². The molecule has 0 radical (unpaired) electrons. The summed E-state index contributed by atoms with van der Waals surface area (Å²) >= 11 is 2.09. The molecule has 0 aromatic rings. The fourth-order valence-electron chi connectivity index (χ4n) is 0.393.